The standard InChI is InChI=1S/C20H11BrN2O5/c21-12-1-7-15(8-2-12)28-16-9-10-17-18(11-16)20(25)22(19(17)24)13-3-5-14(6-4-13)23(26)27/h1-11H. The van der Waals surface area contributed by atoms with E-state index < -0.39 is 16.7 Å². The molecule has 0 saturated heterocycles. The van der Waals surface area contributed by atoms with E-state index in [-0.39, 0.29) is 22.5 Å². The summed E-state index contributed by atoms with van der Waals surface area (Å²) in [4.78, 5) is 36.7. The number of halogens is 1. The Morgan fingerprint density at radius 3 is 2.07 bits per heavy atom. The molecule has 0 spiro atoms. The zero-order valence-electron chi connectivity index (χ0n) is 14.2. The minimum Gasteiger partial charge on any atom is -0.457 e. The van der Waals surface area contributed by atoms with Gasteiger partial charge in [0.25, 0.3) is 17.5 Å². The van der Waals surface area contributed by atoms with Gasteiger partial charge in [0.05, 0.1) is 21.7 Å². The number of imide groups is 1. The molecule has 1 aliphatic heterocycles. The molecule has 0 atom stereocenters. The molecule has 0 unspecified atom stereocenters. The lowest BCUT2D eigenvalue weighted by Crippen LogP contribution is -2.29. The van der Waals surface area contributed by atoms with Crippen molar-refractivity contribution in [3.05, 3.63) is 92.4 Å². The number of carbonyl (C=O) groups is 2. The number of anilines is 1. The van der Waals surface area contributed by atoms with Gasteiger partial charge in [0.1, 0.15) is 11.5 Å². The normalized spacial score (nSPS) is 12.8. The number of hydrogen-bond acceptors (Lipinski definition) is 5. The first-order valence-corrected chi connectivity index (χ1v) is 8.94. The lowest BCUT2D eigenvalue weighted by molar-refractivity contribution is -0.384. The highest BCUT2D eigenvalue weighted by Crippen LogP contribution is 2.33. The van der Waals surface area contributed by atoms with Gasteiger partial charge in [-0.3, -0.25) is 19.7 Å². The highest BCUT2D eigenvalue weighted by Gasteiger charge is 2.37. The van der Waals surface area contributed by atoms with Crippen molar-refractivity contribution in [2.45, 2.75) is 0 Å². The predicted molar refractivity (Wildman–Crippen MR) is 105 cm³/mol. The molecule has 0 fully saturated rings. The summed E-state index contributed by atoms with van der Waals surface area (Å²) in [6.45, 7) is 0. The smallest absolute Gasteiger partial charge is 0.269 e. The lowest BCUT2D eigenvalue weighted by atomic mass is 10.1. The second kappa shape index (κ2) is 6.90. The maximum Gasteiger partial charge on any atom is 0.269 e. The number of hydrogen-bond donors (Lipinski definition) is 0. The Bertz CT molecular complexity index is 1110. The third-order valence-corrected chi connectivity index (χ3v) is 4.75. The van der Waals surface area contributed by atoms with Crippen LogP contribution in [-0.4, -0.2) is 16.7 Å². The van der Waals surface area contributed by atoms with E-state index in [0.29, 0.717) is 11.5 Å². The fourth-order valence-electron chi connectivity index (χ4n) is 2.88. The SMILES string of the molecule is O=C1c2ccc(Oc3ccc(Br)cc3)cc2C(=O)N1c1ccc([N+](=O)[O-])cc1. The van der Waals surface area contributed by atoms with Crippen LogP contribution < -0.4 is 9.64 Å². The minimum atomic E-state index is -0.544. The highest BCUT2D eigenvalue weighted by atomic mass is 79.9. The molecule has 0 saturated carbocycles. The van der Waals surface area contributed by atoms with Crippen molar-refractivity contribution < 1.29 is 19.2 Å². The summed E-state index contributed by atoms with van der Waals surface area (Å²) in [6, 6.07) is 17.1. The van der Waals surface area contributed by atoms with E-state index in [2.05, 4.69) is 15.9 Å². The van der Waals surface area contributed by atoms with E-state index in [1.807, 2.05) is 12.1 Å². The number of nitro benzene ring substituents is 1. The lowest BCUT2D eigenvalue weighted by Gasteiger charge is -2.13. The van der Waals surface area contributed by atoms with Crippen molar-refractivity contribution in [3.63, 3.8) is 0 Å². The van der Waals surface area contributed by atoms with Crippen LogP contribution in [0.4, 0.5) is 11.4 Å². The van der Waals surface area contributed by atoms with Crippen LogP contribution in [0, 0.1) is 10.1 Å². The Balaban J connectivity index is 1.63. The molecule has 28 heavy (non-hydrogen) atoms. The van der Waals surface area contributed by atoms with Gasteiger partial charge < -0.3 is 4.74 Å². The summed E-state index contributed by atoms with van der Waals surface area (Å²) < 4.78 is 6.66. The van der Waals surface area contributed by atoms with Crippen LogP contribution in [0.25, 0.3) is 0 Å². The molecule has 3 aromatic rings. The number of rotatable bonds is 4. The number of nitrogens with zero attached hydrogens (tertiary/aromatic N) is 2. The molecular formula is C20H11BrN2O5. The van der Waals surface area contributed by atoms with Crippen molar-refractivity contribution in [3.8, 4) is 11.5 Å². The van der Waals surface area contributed by atoms with E-state index in [9.17, 15) is 19.7 Å². The Labute approximate surface area is 167 Å². The molecular weight excluding hydrogens is 428 g/mol. The largest absolute Gasteiger partial charge is 0.457 e. The predicted octanol–water partition coefficient (Wildman–Crippen LogP) is 4.95. The van der Waals surface area contributed by atoms with E-state index >= 15 is 0 Å². The Hall–Kier alpha value is -3.52. The topological polar surface area (TPSA) is 89.8 Å². The summed E-state index contributed by atoms with van der Waals surface area (Å²) in [7, 11) is 0. The van der Waals surface area contributed by atoms with Crippen molar-refractivity contribution in [2.24, 2.45) is 0 Å². The van der Waals surface area contributed by atoms with Crippen molar-refractivity contribution in [2.75, 3.05) is 4.90 Å². The average molecular weight is 439 g/mol. The number of nitro groups is 1. The average Bonchev–Trinajstić information content (AvgIpc) is 2.94. The first-order valence-electron chi connectivity index (χ1n) is 8.15. The molecule has 8 heteroatoms. The molecule has 7 nitrogen and oxygen atoms in total. The maximum atomic E-state index is 12.8. The molecule has 0 bridgehead atoms. The van der Waals surface area contributed by atoms with Crippen molar-refractivity contribution in [1.82, 2.24) is 0 Å². The number of ether oxygens (including phenoxy) is 1. The summed E-state index contributed by atoms with van der Waals surface area (Å²) in [6.07, 6.45) is 0. The molecule has 2 amide bonds. The molecule has 0 aliphatic carbocycles. The highest BCUT2D eigenvalue weighted by molar-refractivity contribution is 9.10. The first kappa shape index (κ1) is 17.9. The van der Waals surface area contributed by atoms with Crippen LogP contribution in [-0.2, 0) is 0 Å². The zero-order valence-corrected chi connectivity index (χ0v) is 15.8. The molecule has 0 N–H and O–H groups in total. The summed E-state index contributed by atoms with van der Waals surface area (Å²) in [5, 5.41) is 10.8. The van der Waals surface area contributed by atoms with E-state index in [1.54, 1.807) is 18.2 Å². The number of non-ortho nitro benzene ring substituents is 1. The van der Waals surface area contributed by atoms with Gasteiger partial charge in [0, 0.05) is 16.6 Å². The molecule has 3 aromatic carbocycles. The van der Waals surface area contributed by atoms with Crippen LogP contribution in [0.2, 0.25) is 0 Å². The van der Waals surface area contributed by atoms with Crippen LogP contribution in [0.5, 0.6) is 11.5 Å². The molecule has 138 valence electrons. The van der Waals surface area contributed by atoms with Crippen LogP contribution >= 0.6 is 15.9 Å². The Morgan fingerprint density at radius 2 is 1.43 bits per heavy atom. The monoisotopic (exact) mass is 438 g/mol. The van der Waals surface area contributed by atoms with Gasteiger partial charge in [-0.1, -0.05) is 15.9 Å². The van der Waals surface area contributed by atoms with Gasteiger partial charge in [-0.2, -0.15) is 0 Å². The van der Waals surface area contributed by atoms with Gasteiger partial charge in [0.15, 0.2) is 0 Å². The van der Waals surface area contributed by atoms with Gasteiger partial charge in [-0.25, -0.2) is 4.90 Å². The van der Waals surface area contributed by atoms with Crippen molar-refractivity contribution >= 4 is 39.1 Å². The maximum absolute atomic E-state index is 12.8. The van der Waals surface area contributed by atoms with Crippen LogP contribution in [0.15, 0.2) is 71.2 Å². The fourth-order valence-corrected chi connectivity index (χ4v) is 3.14. The van der Waals surface area contributed by atoms with E-state index in [0.717, 1.165) is 9.37 Å². The molecule has 0 aromatic heterocycles. The Morgan fingerprint density at radius 1 is 0.821 bits per heavy atom. The summed E-state index contributed by atoms with van der Waals surface area (Å²) in [5.41, 5.74) is 0.627. The third kappa shape index (κ3) is 3.14. The van der Waals surface area contributed by atoms with E-state index in [4.69, 9.17) is 4.74 Å². The molecule has 4 rings (SSSR count). The quantitative estimate of drug-likeness (QED) is 0.326. The molecule has 1 aliphatic rings. The van der Waals surface area contributed by atoms with Crippen LogP contribution in [0.1, 0.15) is 20.7 Å². The van der Waals surface area contributed by atoms with Gasteiger partial charge >= 0.3 is 0 Å². The molecule has 0 radical (unpaired) electrons. The number of carbonyl (C=O) groups excluding carboxylic acids is 2. The number of fused-ring (bicyclic) bond motifs is 1. The Kier molecular flexibility index (Phi) is 4.40. The number of benzene rings is 3. The summed E-state index contributed by atoms with van der Waals surface area (Å²) >= 11 is 3.35. The summed E-state index contributed by atoms with van der Waals surface area (Å²) in [5.74, 6) is 0.0269. The van der Waals surface area contributed by atoms with E-state index in [1.165, 1.54) is 36.4 Å². The van der Waals surface area contributed by atoms with Gasteiger partial charge in [-0.15, -0.1) is 0 Å². The zero-order chi connectivity index (χ0) is 19.8. The second-order valence-electron chi connectivity index (χ2n) is 5.98. The number of amides is 2. The first-order chi connectivity index (χ1) is 13.4. The third-order valence-electron chi connectivity index (χ3n) is 4.23. The van der Waals surface area contributed by atoms with Crippen LogP contribution in [0.3, 0.4) is 0 Å². The second-order valence-corrected chi connectivity index (χ2v) is 6.90. The molecule has 1 heterocycles. The van der Waals surface area contributed by atoms with Gasteiger partial charge in [-0.05, 0) is 54.6 Å². The minimum absolute atomic E-state index is 0.120. The fraction of sp³-hybridized carbons (Fsp3) is 0. The van der Waals surface area contributed by atoms with Gasteiger partial charge in [0.2, 0.25) is 0 Å². The van der Waals surface area contributed by atoms with Crippen molar-refractivity contribution in [1.29, 1.82) is 0 Å².